The van der Waals surface area contributed by atoms with E-state index in [9.17, 15) is 0 Å². The first-order chi connectivity index (χ1) is 5.33. The van der Waals surface area contributed by atoms with Crippen LogP contribution in [0.2, 0.25) is 0 Å². The number of nitrogens with zero attached hydrogens (tertiary/aromatic N) is 1. The maximum absolute atomic E-state index is 5.32. The fourth-order valence-electron chi connectivity index (χ4n) is 0.753. The molecule has 0 saturated carbocycles. The molecule has 1 aromatic heterocycles. The predicted molar refractivity (Wildman–Crippen MR) is 44.9 cm³/mol. The van der Waals surface area contributed by atoms with Gasteiger partial charge in [0, 0.05) is 6.07 Å². The molecule has 0 aromatic carbocycles. The van der Waals surface area contributed by atoms with Gasteiger partial charge in [-0.2, -0.15) is 0 Å². The number of anilines is 1. The lowest BCUT2D eigenvalue weighted by Crippen LogP contribution is -1.75. The van der Waals surface area contributed by atoms with Crippen LogP contribution < -0.4 is 5.73 Å². The Kier molecular flexibility index (Phi) is 2.72. The van der Waals surface area contributed by atoms with Crippen LogP contribution in [0.3, 0.4) is 0 Å². The topological polar surface area (TPSA) is 52.0 Å². The summed E-state index contributed by atoms with van der Waals surface area (Å²) in [5.41, 5.74) is 6.11. The van der Waals surface area contributed by atoms with Crippen LogP contribution in [0.4, 0.5) is 5.88 Å². The van der Waals surface area contributed by atoms with Gasteiger partial charge in [0.15, 0.2) is 0 Å². The molecule has 3 heteroatoms. The summed E-state index contributed by atoms with van der Waals surface area (Å²) in [5.74, 6) is 0.362. The van der Waals surface area contributed by atoms with E-state index in [1.165, 1.54) is 0 Å². The van der Waals surface area contributed by atoms with E-state index in [1.54, 1.807) is 6.07 Å². The van der Waals surface area contributed by atoms with Crippen molar-refractivity contribution in [2.45, 2.75) is 19.8 Å². The van der Waals surface area contributed by atoms with Crippen molar-refractivity contribution in [3.05, 3.63) is 17.8 Å². The van der Waals surface area contributed by atoms with Crippen molar-refractivity contribution in [2.75, 3.05) is 5.73 Å². The number of nitrogens with two attached hydrogens (primary N) is 1. The van der Waals surface area contributed by atoms with Crippen molar-refractivity contribution in [1.29, 1.82) is 0 Å². The third-order valence-corrected chi connectivity index (χ3v) is 1.29. The second-order valence-corrected chi connectivity index (χ2v) is 2.35. The number of unbranched alkanes of at least 4 members (excludes halogenated alkanes) is 1. The molecule has 0 unspecified atom stereocenters. The molecule has 3 nitrogen and oxygen atoms in total. The largest absolute Gasteiger partial charge is 0.368 e. The fraction of sp³-hybridized carbons (Fsp3) is 0.375. The van der Waals surface area contributed by atoms with E-state index in [4.69, 9.17) is 5.73 Å². The minimum atomic E-state index is 0.362. The van der Waals surface area contributed by atoms with Crippen LogP contribution in [0.5, 0.6) is 0 Å². The average molecular weight is 152 g/mol. The SMILES string of the molecule is CCC/C=C/c1cc(N)on1. The number of nitrogen functional groups attached to an aromatic ring is 1. The highest BCUT2D eigenvalue weighted by atomic mass is 16.5. The Hall–Kier alpha value is -1.25. The number of rotatable bonds is 3. The Balaban J connectivity index is 2.50. The molecule has 60 valence electrons. The van der Waals surface area contributed by atoms with Gasteiger partial charge in [-0.25, -0.2) is 0 Å². The van der Waals surface area contributed by atoms with Gasteiger partial charge in [0.05, 0.1) is 0 Å². The number of hydrogen-bond acceptors (Lipinski definition) is 3. The van der Waals surface area contributed by atoms with Crippen molar-refractivity contribution in [3.8, 4) is 0 Å². The van der Waals surface area contributed by atoms with Crippen molar-refractivity contribution in [1.82, 2.24) is 5.16 Å². The Morgan fingerprint density at radius 2 is 2.55 bits per heavy atom. The summed E-state index contributed by atoms with van der Waals surface area (Å²) in [6.07, 6.45) is 6.16. The summed E-state index contributed by atoms with van der Waals surface area (Å²) in [4.78, 5) is 0. The van der Waals surface area contributed by atoms with Crippen molar-refractivity contribution in [3.63, 3.8) is 0 Å². The van der Waals surface area contributed by atoms with Gasteiger partial charge < -0.3 is 10.3 Å². The smallest absolute Gasteiger partial charge is 0.222 e. The van der Waals surface area contributed by atoms with E-state index in [0.717, 1.165) is 18.5 Å². The maximum atomic E-state index is 5.32. The van der Waals surface area contributed by atoms with E-state index in [0.29, 0.717) is 5.88 Å². The summed E-state index contributed by atoms with van der Waals surface area (Å²) < 4.78 is 4.67. The van der Waals surface area contributed by atoms with Crippen molar-refractivity contribution >= 4 is 12.0 Å². The molecule has 0 aliphatic rings. The van der Waals surface area contributed by atoms with Crippen LogP contribution in [0, 0.1) is 0 Å². The third kappa shape index (κ3) is 2.45. The summed E-state index contributed by atoms with van der Waals surface area (Å²) in [5, 5.41) is 3.70. The average Bonchev–Trinajstić information content (AvgIpc) is 2.37. The molecule has 0 atom stereocenters. The molecule has 0 aliphatic carbocycles. The number of allylic oxidation sites excluding steroid dienone is 1. The van der Waals surface area contributed by atoms with Gasteiger partial charge in [0.1, 0.15) is 5.69 Å². The number of aromatic nitrogens is 1. The zero-order valence-corrected chi connectivity index (χ0v) is 6.58. The van der Waals surface area contributed by atoms with Crippen LogP contribution in [0.1, 0.15) is 25.5 Å². The van der Waals surface area contributed by atoms with E-state index in [2.05, 4.69) is 22.7 Å². The van der Waals surface area contributed by atoms with Crippen LogP contribution in [0.15, 0.2) is 16.7 Å². The van der Waals surface area contributed by atoms with Crippen molar-refractivity contribution < 1.29 is 4.52 Å². The summed E-state index contributed by atoms with van der Waals surface area (Å²) in [6, 6.07) is 1.70. The molecule has 1 heterocycles. The third-order valence-electron chi connectivity index (χ3n) is 1.29. The molecule has 2 N–H and O–H groups in total. The highest BCUT2D eigenvalue weighted by Crippen LogP contribution is 2.06. The molecular weight excluding hydrogens is 140 g/mol. The van der Waals surface area contributed by atoms with E-state index >= 15 is 0 Å². The summed E-state index contributed by atoms with van der Waals surface area (Å²) in [6.45, 7) is 2.13. The Morgan fingerprint density at radius 3 is 3.09 bits per heavy atom. The predicted octanol–water partition coefficient (Wildman–Crippen LogP) is 2.07. The van der Waals surface area contributed by atoms with Gasteiger partial charge in [-0.3, -0.25) is 0 Å². The maximum Gasteiger partial charge on any atom is 0.222 e. The van der Waals surface area contributed by atoms with Crippen LogP contribution >= 0.6 is 0 Å². The number of hydrogen-bond donors (Lipinski definition) is 1. The molecular formula is C8H12N2O. The Morgan fingerprint density at radius 1 is 1.73 bits per heavy atom. The molecule has 1 rings (SSSR count). The van der Waals surface area contributed by atoms with Gasteiger partial charge in [-0.05, 0) is 12.5 Å². The lowest BCUT2D eigenvalue weighted by atomic mass is 10.3. The molecule has 0 amide bonds. The van der Waals surface area contributed by atoms with Crippen molar-refractivity contribution in [2.24, 2.45) is 0 Å². The Labute approximate surface area is 65.9 Å². The van der Waals surface area contributed by atoms with Gasteiger partial charge in [-0.1, -0.05) is 24.6 Å². The zero-order valence-electron chi connectivity index (χ0n) is 6.58. The fourth-order valence-corrected chi connectivity index (χ4v) is 0.753. The minimum absolute atomic E-state index is 0.362. The lowest BCUT2D eigenvalue weighted by Gasteiger charge is -1.80. The van der Waals surface area contributed by atoms with E-state index < -0.39 is 0 Å². The highest BCUT2D eigenvalue weighted by molar-refractivity contribution is 5.47. The molecule has 0 saturated heterocycles. The molecule has 0 aliphatic heterocycles. The van der Waals surface area contributed by atoms with E-state index in [1.807, 2.05) is 6.08 Å². The second-order valence-electron chi connectivity index (χ2n) is 2.35. The van der Waals surface area contributed by atoms with Gasteiger partial charge in [0.25, 0.3) is 0 Å². The van der Waals surface area contributed by atoms with Gasteiger partial charge in [0.2, 0.25) is 5.88 Å². The van der Waals surface area contributed by atoms with Gasteiger partial charge in [-0.15, -0.1) is 0 Å². The molecule has 1 aromatic rings. The summed E-state index contributed by atoms with van der Waals surface area (Å²) in [7, 11) is 0. The minimum Gasteiger partial charge on any atom is -0.368 e. The highest BCUT2D eigenvalue weighted by Gasteiger charge is 1.93. The van der Waals surface area contributed by atoms with E-state index in [-0.39, 0.29) is 0 Å². The monoisotopic (exact) mass is 152 g/mol. The summed E-state index contributed by atoms with van der Waals surface area (Å²) >= 11 is 0. The Bertz CT molecular complexity index is 240. The second kappa shape index (κ2) is 3.81. The quantitative estimate of drug-likeness (QED) is 0.721. The zero-order chi connectivity index (χ0) is 8.10. The molecule has 0 fully saturated rings. The molecule has 11 heavy (non-hydrogen) atoms. The normalized spacial score (nSPS) is 11.0. The first kappa shape index (κ1) is 7.85. The van der Waals surface area contributed by atoms with Crippen LogP contribution in [-0.4, -0.2) is 5.16 Å². The van der Waals surface area contributed by atoms with Crippen LogP contribution in [0.25, 0.3) is 6.08 Å². The lowest BCUT2D eigenvalue weighted by molar-refractivity contribution is 0.435. The first-order valence-corrected chi connectivity index (χ1v) is 3.71. The molecule has 0 bridgehead atoms. The van der Waals surface area contributed by atoms with Gasteiger partial charge >= 0.3 is 0 Å². The molecule has 0 spiro atoms. The first-order valence-electron chi connectivity index (χ1n) is 3.71. The molecule has 0 radical (unpaired) electrons. The standard InChI is InChI=1S/C8H12N2O/c1-2-3-4-5-7-6-8(9)11-10-7/h4-6H,2-3,9H2,1H3/b5-4+. The van der Waals surface area contributed by atoms with Crippen LogP contribution in [-0.2, 0) is 0 Å².